The number of anilines is 2. The van der Waals surface area contributed by atoms with Crippen molar-refractivity contribution in [2.45, 2.75) is 6.54 Å². The second-order valence-corrected chi connectivity index (χ2v) is 8.58. The Hall–Kier alpha value is -3.43. The number of nitrogens with zero attached hydrogens (tertiary/aromatic N) is 7. The molecule has 4 heterocycles. The Kier molecular flexibility index (Phi) is 6.23. The minimum atomic E-state index is 0.568. The number of fused-ring (bicyclic) bond motifs is 1. The molecule has 0 aliphatic carbocycles. The maximum absolute atomic E-state index is 5.54. The number of piperazine rings is 1. The van der Waals surface area contributed by atoms with Gasteiger partial charge in [0.1, 0.15) is 0 Å². The molecule has 9 heteroatoms. The third-order valence-corrected chi connectivity index (χ3v) is 5.91. The van der Waals surface area contributed by atoms with Crippen LogP contribution in [0.1, 0.15) is 5.56 Å². The number of para-hydroxylation sites is 1. The minimum Gasteiger partial charge on any atom is -0.461 e. The molecule has 0 saturated carbocycles. The predicted molar refractivity (Wildman–Crippen MR) is 129 cm³/mol. The zero-order valence-corrected chi connectivity index (χ0v) is 19.2. The zero-order chi connectivity index (χ0) is 22.6. The fraction of sp³-hybridized carbons (Fsp3) is 0.375. The Morgan fingerprint density at radius 2 is 1.85 bits per heavy atom. The minimum absolute atomic E-state index is 0.568. The van der Waals surface area contributed by atoms with Gasteiger partial charge < -0.3 is 19.5 Å². The molecule has 1 aliphatic rings. The summed E-state index contributed by atoms with van der Waals surface area (Å²) in [6.45, 7) is 6.44. The molecular formula is C24H30N8O. The molecule has 1 fully saturated rings. The second kappa shape index (κ2) is 9.60. The van der Waals surface area contributed by atoms with Crippen molar-refractivity contribution in [3.05, 3.63) is 60.5 Å². The van der Waals surface area contributed by atoms with E-state index < -0.39 is 0 Å². The van der Waals surface area contributed by atoms with E-state index in [-0.39, 0.29) is 0 Å². The fourth-order valence-corrected chi connectivity index (χ4v) is 4.10. The maximum atomic E-state index is 5.54. The molecule has 0 unspecified atom stereocenters. The van der Waals surface area contributed by atoms with Crippen LogP contribution in [-0.4, -0.2) is 82.7 Å². The van der Waals surface area contributed by atoms with E-state index in [1.165, 1.54) is 5.69 Å². The van der Waals surface area contributed by atoms with Crippen LogP contribution in [0, 0.1) is 0 Å². The van der Waals surface area contributed by atoms with E-state index >= 15 is 0 Å². The first-order chi connectivity index (χ1) is 16.2. The summed E-state index contributed by atoms with van der Waals surface area (Å²) in [5.41, 5.74) is 3.16. The van der Waals surface area contributed by atoms with E-state index in [0.717, 1.165) is 57.0 Å². The van der Waals surface area contributed by atoms with Gasteiger partial charge in [-0.1, -0.05) is 18.2 Å². The molecule has 1 saturated heterocycles. The van der Waals surface area contributed by atoms with Crippen molar-refractivity contribution >= 4 is 17.3 Å². The lowest BCUT2D eigenvalue weighted by Crippen LogP contribution is -2.46. The first-order valence-corrected chi connectivity index (χ1v) is 11.4. The van der Waals surface area contributed by atoms with Gasteiger partial charge in [0.05, 0.1) is 6.26 Å². The largest absolute Gasteiger partial charge is 0.461 e. The first kappa shape index (κ1) is 21.4. The molecule has 0 amide bonds. The van der Waals surface area contributed by atoms with Crippen LogP contribution >= 0.6 is 0 Å². The summed E-state index contributed by atoms with van der Waals surface area (Å²) >= 11 is 0. The van der Waals surface area contributed by atoms with Gasteiger partial charge in [-0.2, -0.15) is 4.52 Å². The molecule has 1 aliphatic heterocycles. The topological polar surface area (TPSA) is 78.0 Å². The number of furan rings is 1. The molecule has 1 N–H and O–H groups in total. The molecule has 33 heavy (non-hydrogen) atoms. The van der Waals surface area contributed by atoms with E-state index in [9.17, 15) is 0 Å². The number of aromatic nitrogens is 4. The Morgan fingerprint density at radius 1 is 1.03 bits per heavy atom. The first-order valence-electron chi connectivity index (χ1n) is 11.4. The van der Waals surface area contributed by atoms with E-state index in [2.05, 4.69) is 69.4 Å². The van der Waals surface area contributed by atoms with Crippen LogP contribution in [0.2, 0.25) is 0 Å². The number of hydrogen-bond donors (Lipinski definition) is 1. The molecular weight excluding hydrogens is 416 g/mol. The number of benzene rings is 1. The number of rotatable bonds is 8. The predicted octanol–water partition coefficient (Wildman–Crippen LogP) is 2.68. The van der Waals surface area contributed by atoms with E-state index in [0.29, 0.717) is 17.5 Å². The van der Waals surface area contributed by atoms with Crippen molar-refractivity contribution in [3.63, 3.8) is 0 Å². The van der Waals surface area contributed by atoms with Crippen molar-refractivity contribution < 1.29 is 4.42 Å². The number of likely N-dealkylation sites (N-methyl/N-ethyl adjacent to an activating group) is 1. The summed E-state index contributed by atoms with van der Waals surface area (Å²) < 4.78 is 7.35. The lowest BCUT2D eigenvalue weighted by atomic mass is 10.2. The van der Waals surface area contributed by atoms with Gasteiger partial charge in [-0.3, -0.25) is 4.90 Å². The van der Waals surface area contributed by atoms with Crippen LogP contribution in [0.4, 0.5) is 11.6 Å². The van der Waals surface area contributed by atoms with Crippen molar-refractivity contribution in [3.8, 4) is 11.6 Å². The van der Waals surface area contributed by atoms with Gasteiger partial charge in [-0.25, -0.2) is 9.97 Å². The van der Waals surface area contributed by atoms with E-state index in [1.807, 2.05) is 22.8 Å². The Labute approximate surface area is 193 Å². The van der Waals surface area contributed by atoms with Crippen LogP contribution in [-0.2, 0) is 6.54 Å². The molecule has 0 bridgehead atoms. The Bertz CT molecular complexity index is 1160. The summed E-state index contributed by atoms with van der Waals surface area (Å²) in [5.74, 6) is 1.91. The third kappa shape index (κ3) is 4.84. The van der Waals surface area contributed by atoms with Crippen LogP contribution in [0.3, 0.4) is 0 Å². The molecule has 1 aromatic carbocycles. The summed E-state index contributed by atoms with van der Waals surface area (Å²) in [7, 11) is 4.10. The molecule has 3 aromatic heterocycles. The average molecular weight is 447 g/mol. The van der Waals surface area contributed by atoms with Gasteiger partial charge >= 0.3 is 0 Å². The lowest BCUT2D eigenvalue weighted by Gasteiger charge is -2.36. The van der Waals surface area contributed by atoms with Gasteiger partial charge in [0.25, 0.3) is 0 Å². The fourth-order valence-electron chi connectivity index (χ4n) is 4.10. The summed E-state index contributed by atoms with van der Waals surface area (Å²) in [5, 5.41) is 8.09. The van der Waals surface area contributed by atoms with Gasteiger partial charge in [0, 0.05) is 63.3 Å². The van der Waals surface area contributed by atoms with E-state index in [4.69, 9.17) is 14.5 Å². The quantitative estimate of drug-likeness (QED) is 0.443. The highest BCUT2D eigenvalue weighted by Crippen LogP contribution is 2.22. The number of hydrogen-bond acceptors (Lipinski definition) is 8. The standard InChI is InChI=1S/C24H30N8O/c1-29(2)11-10-25-24-26-17-19(23-27-22(28-32(23)24)21-9-6-16-33-21)18-30-12-14-31(15-13-30)20-7-4-3-5-8-20/h3-9,16-17H,10-15,18H2,1-2H3,(H,25,26). The molecule has 4 aromatic rings. The molecule has 0 radical (unpaired) electrons. The molecule has 5 rings (SSSR count). The van der Waals surface area contributed by atoms with Crippen molar-refractivity contribution in [1.82, 2.24) is 29.4 Å². The summed E-state index contributed by atoms with van der Waals surface area (Å²) in [6, 6.07) is 14.3. The highest BCUT2D eigenvalue weighted by atomic mass is 16.3. The smallest absolute Gasteiger partial charge is 0.225 e. The van der Waals surface area contributed by atoms with Crippen LogP contribution in [0.15, 0.2) is 59.3 Å². The van der Waals surface area contributed by atoms with Crippen molar-refractivity contribution in [1.29, 1.82) is 0 Å². The lowest BCUT2D eigenvalue weighted by molar-refractivity contribution is 0.250. The van der Waals surface area contributed by atoms with Gasteiger partial charge in [-0.15, -0.1) is 5.10 Å². The highest BCUT2D eigenvalue weighted by molar-refractivity contribution is 5.58. The van der Waals surface area contributed by atoms with Crippen LogP contribution in [0.25, 0.3) is 17.2 Å². The SMILES string of the molecule is CN(C)CCNc1ncc(CN2CCN(c3ccccc3)CC2)c2nc(-c3ccco3)nn12. The molecule has 9 nitrogen and oxygen atoms in total. The average Bonchev–Trinajstić information content (AvgIpc) is 3.52. The van der Waals surface area contributed by atoms with Crippen molar-refractivity contribution in [2.75, 3.05) is 63.6 Å². The zero-order valence-electron chi connectivity index (χ0n) is 19.2. The monoisotopic (exact) mass is 446 g/mol. The second-order valence-electron chi connectivity index (χ2n) is 8.58. The van der Waals surface area contributed by atoms with E-state index in [1.54, 1.807) is 6.26 Å². The highest BCUT2D eigenvalue weighted by Gasteiger charge is 2.21. The molecule has 0 spiro atoms. The molecule has 172 valence electrons. The summed E-state index contributed by atoms with van der Waals surface area (Å²) in [6.07, 6.45) is 3.57. The third-order valence-electron chi connectivity index (χ3n) is 5.91. The summed E-state index contributed by atoms with van der Waals surface area (Å²) in [4.78, 5) is 16.5. The van der Waals surface area contributed by atoms with Gasteiger partial charge in [0.15, 0.2) is 11.4 Å². The molecule has 0 atom stereocenters. The van der Waals surface area contributed by atoms with Crippen LogP contribution < -0.4 is 10.2 Å². The van der Waals surface area contributed by atoms with Gasteiger partial charge in [0.2, 0.25) is 11.8 Å². The van der Waals surface area contributed by atoms with Crippen molar-refractivity contribution in [2.24, 2.45) is 0 Å². The van der Waals surface area contributed by atoms with Crippen LogP contribution in [0.5, 0.6) is 0 Å². The maximum Gasteiger partial charge on any atom is 0.225 e. The van der Waals surface area contributed by atoms with Gasteiger partial charge in [-0.05, 0) is 38.4 Å². The Morgan fingerprint density at radius 3 is 2.58 bits per heavy atom. The number of nitrogens with one attached hydrogen (secondary N) is 1. The Balaban J connectivity index is 1.35. The normalized spacial score (nSPS) is 14.9.